The van der Waals surface area contributed by atoms with E-state index in [1.54, 1.807) is 18.2 Å². The van der Waals surface area contributed by atoms with E-state index in [-0.39, 0.29) is 6.42 Å². The first-order chi connectivity index (χ1) is 12.6. The highest BCUT2D eigenvalue weighted by atomic mass is 16.5. The Kier molecular flexibility index (Phi) is 5.17. The van der Waals surface area contributed by atoms with Crippen LogP contribution in [0.2, 0.25) is 0 Å². The average molecular weight is 355 g/mol. The number of oxazole rings is 1. The Morgan fingerprint density at radius 3 is 2.54 bits per heavy atom. The predicted octanol–water partition coefficient (Wildman–Crippen LogP) is 2.77. The number of fused-ring (bicyclic) bond motifs is 1. The number of aromatic nitrogens is 1. The smallest absolute Gasteiger partial charge is 0.419 e. The van der Waals surface area contributed by atoms with Crippen LogP contribution in [0.3, 0.4) is 0 Å². The number of carbonyl (C=O) groups is 2. The van der Waals surface area contributed by atoms with Gasteiger partial charge < -0.3 is 13.9 Å². The summed E-state index contributed by atoms with van der Waals surface area (Å²) in [7, 11) is 1.30. The van der Waals surface area contributed by atoms with Crippen LogP contribution >= 0.6 is 0 Å². The molecule has 1 heterocycles. The molecule has 3 aromatic rings. The Balaban J connectivity index is 1.55. The number of aryl methyl sites for hydroxylation is 1. The third-order valence-electron chi connectivity index (χ3n) is 3.84. The molecule has 2 aromatic carbocycles. The lowest BCUT2D eigenvalue weighted by molar-refractivity contribution is -0.134. The highest BCUT2D eigenvalue weighted by molar-refractivity contribution is 5.89. The minimum Gasteiger partial charge on any atom is -0.465 e. The first kappa shape index (κ1) is 17.5. The van der Waals surface area contributed by atoms with Gasteiger partial charge >= 0.3 is 17.7 Å². The van der Waals surface area contributed by atoms with Gasteiger partial charge in [-0.25, -0.2) is 9.59 Å². The van der Waals surface area contributed by atoms with Gasteiger partial charge in [-0.3, -0.25) is 9.36 Å². The molecule has 0 atom stereocenters. The zero-order valence-corrected chi connectivity index (χ0v) is 14.1. The van der Waals surface area contributed by atoms with E-state index in [1.165, 1.54) is 35.9 Å². The van der Waals surface area contributed by atoms with Crippen molar-refractivity contribution in [3.05, 3.63) is 64.6 Å². The standard InChI is InChI=1S/C19H17NO6/c1-24-18(22)13-8-10-14(11-9-13)25-17(21)7-4-12-20-15-5-2-3-6-16(15)26-19(20)23/h2-3,5-6,8-11H,4,7,12H2,1H3. The summed E-state index contributed by atoms with van der Waals surface area (Å²) in [5.41, 5.74) is 1.59. The van der Waals surface area contributed by atoms with Gasteiger partial charge in [0, 0.05) is 13.0 Å². The van der Waals surface area contributed by atoms with Crippen molar-refractivity contribution in [3.8, 4) is 5.75 Å². The minimum atomic E-state index is -0.458. The van der Waals surface area contributed by atoms with Crippen molar-refractivity contribution in [2.75, 3.05) is 7.11 Å². The molecule has 0 amide bonds. The number of para-hydroxylation sites is 2. The molecule has 0 aliphatic heterocycles. The van der Waals surface area contributed by atoms with Crippen LogP contribution in [0, 0.1) is 0 Å². The van der Waals surface area contributed by atoms with Crippen LogP contribution in [0.1, 0.15) is 23.2 Å². The average Bonchev–Trinajstić information content (AvgIpc) is 2.97. The van der Waals surface area contributed by atoms with E-state index in [0.717, 1.165) is 0 Å². The Morgan fingerprint density at radius 1 is 1.08 bits per heavy atom. The number of benzene rings is 2. The van der Waals surface area contributed by atoms with Crippen molar-refractivity contribution in [1.29, 1.82) is 0 Å². The van der Waals surface area contributed by atoms with E-state index in [9.17, 15) is 14.4 Å². The van der Waals surface area contributed by atoms with Crippen molar-refractivity contribution in [1.82, 2.24) is 4.57 Å². The molecule has 0 fully saturated rings. The molecule has 0 unspecified atom stereocenters. The van der Waals surface area contributed by atoms with E-state index in [2.05, 4.69) is 4.74 Å². The van der Waals surface area contributed by atoms with Crippen LogP contribution in [-0.2, 0) is 16.1 Å². The normalized spacial score (nSPS) is 10.7. The quantitative estimate of drug-likeness (QED) is 0.499. The summed E-state index contributed by atoms with van der Waals surface area (Å²) in [4.78, 5) is 35.2. The molecule has 7 heteroatoms. The van der Waals surface area contributed by atoms with Crippen LogP contribution < -0.4 is 10.5 Å². The monoisotopic (exact) mass is 355 g/mol. The maximum Gasteiger partial charge on any atom is 0.419 e. The Bertz CT molecular complexity index is 983. The molecule has 1 aromatic heterocycles. The summed E-state index contributed by atoms with van der Waals surface area (Å²) in [5.74, 6) is -0.983. The number of ether oxygens (including phenoxy) is 2. The van der Waals surface area contributed by atoms with Gasteiger partial charge in [0.1, 0.15) is 5.75 Å². The van der Waals surface area contributed by atoms with Crippen LogP contribution in [0.5, 0.6) is 5.75 Å². The van der Waals surface area contributed by atoms with Gasteiger partial charge in [0.15, 0.2) is 5.58 Å². The first-order valence-corrected chi connectivity index (χ1v) is 8.06. The lowest BCUT2D eigenvalue weighted by Crippen LogP contribution is -2.16. The molecule has 0 bridgehead atoms. The maximum atomic E-state index is 11.9. The molecule has 7 nitrogen and oxygen atoms in total. The molecular weight excluding hydrogens is 338 g/mol. The van der Waals surface area contributed by atoms with Crippen LogP contribution in [0.25, 0.3) is 11.1 Å². The fraction of sp³-hybridized carbons (Fsp3) is 0.211. The topological polar surface area (TPSA) is 87.7 Å². The Morgan fingerprint density at radius 2 is 1.81 bits per heavy atom. The van der Waals surface area contributed by atoms with E-state index in [1.807, 2.05) is 6.07 Å². The van der Waals surface area contributed by atoms with E-state index < -0.39 is 17.7 Å². The summed E-state index contributed by atoms with van der Waals surface area (Å²) >= 11 is 0. The second-order valence-corrected chi connectivity index (χ2v) is 5.58. The molecular formula is C19H17NO6. The molecule has 0 saturated carbocycles. The summed E-state index contributed by atoms with van der Waals surface area (Å²) in [5, 5.41) is 0. The highest BCUT2D eigenvalue weighted by Crippen LogP contribution is 2.15. The van der Waals surface area contributed by atoms with Crippen molar-refractivity contribution >= 4 is 23.0 Å². The van der Waals surface area contributed by atoms with E-state index in [4.69, 9.17) is 9.15 Å². The molecule has 0 saturated heterocycles. The number of nitrogens with zero attached hydrogens (tertiary/aromatic N) is 1. The summed E-state index contributed by atoms with van der Waals surface area (Å²) in [6.45, 7) is 0.353. The third kappa shape index (κ3) is 3.83. The van der Waals surface area contributed by atoms with E-state index in [0.29, 0.717) is 35.4 Å². The minimum absolute atomic E-state index is 0.144. The lowest BCUT2D eigenvalue weighted by atomic mass is 10.2. The number of carbonyl (C=O) groups excluding carboxylic acids is 2. The molecule has 134 valence electrons. The van der Waals surface area contributed by atoms with Gasteiger partial charge in [-0.2, -0.15) is 0 Å². The second-order valence-electron chi connectivity index (χ2n) is 5.58. The maximum absolute atomic E-state index is 11.9. The number of esters is 2. The molecule has 0 aliphatic rings. The van der Waals surface area contributed by atoms with Crippen LogP contribution in [0.4, 0.5) is 0 Å². The molecule has 0 radical (unpaired) electrons. The predicted molar refractivity (Wildman–Crippen MR) is 93.1 cm³/mol. The van der Waals surface area contributed by atoms with Crippen molar-refractivity contribution in [2.24, 2.45) is 0 Å². The zero-order chi connectivity index (χ0) is 18.5. The Labute approximate surface area is 148 Å². The summed E-state index contributed by atoms with van der Waals surface area (Å²) < 4.78 is 16.5. The van der Waals surface area contributed by atoms with Gasteiger partial charge in [0.2, 0.25) is 0 Å². The number of hydrogen-bond acceptors (Lipinski definition) is 6. The molecule has 0 N–H and O–H groups in total. The van der Waals surface area contributed by atoms with E-state index >= 15 is 0 Å². The zero-order valence-electron chi connectivity index (χ0n) is 14.1. The first-order valence-electron chi connectivity index (χ1n) is 8.06. The molecule has 3 rings (SSSR count). The van der Waals surface area contributed by atoms with Crippen LogP contribution in [0.15, 0.2) is 57.7 Å². The number of methoxy groups -OCH3 is 1. The fourth-order valence-electron chi connectivity index (χ4n) is 2.57. The number of rotatable bonds is 6. The number of hydrogen-bond donors (Lipinski definition) is 0. The van der Waals surface area contributed by atoms with Crippen molar-refractivity contribution in [2.45, 2.75) is 19.4 Å². The third-order valence-corrected chi connectivity index (χ3v) is 3.84. The molecule has 0 aliphatic carbocycles. The van der Waals surface area contributed by atoms with Crippen LogP contribution in [-0.4, -0.2) is 23.6 Å². The lowest BCUT2D eigenvalue weighted by Gasteiger charge is -2.06. The largest absolute Gasteiger partial charge is 0.465 e. The van der Waals surface area contributed by atoms with Gasteiger partial charge in [-0.1, -0.05) is 12.1 Å². The van der Waals surface area contributed by atoms with Crippen molar-refractivity contribution < 1.29 is 23.5 Å². The van der Waals surface area contributed by atoms with Gasteiger partial charge in [0.25, 0.3) is 0 Å². The Hall–Kier alpha value is -3.35. The molecule has 26 heavy (non-hydrogen) atoms. The van der Waals surface area contributed by atoms with Crippen molar-refractivity contribution in [3.63, 3.8) is 0 Å². The van der Waals surface area contributed by atoms with Gasteiger partial charge in [0.05, 0.1) is 18.2 Å². The summed E-state index contributed by atoms with van der Waals surface area (Å²) in [6, 6.07) is 13.2. The van der Waals surface area contributed by atoms with Gasteiger partial charge in [-0.05, 0) is 42.8 Å². The van der Waals surface area contributed by atoms with Gasteiger partial charge in [-0.15, -0.1) is 0 Å². The summed E-state index contributed by atoms with van der Waals surface area (Å²) in [6.07, 6.45) is 0.577. The SMILES string of the molecule is COC(=O)c1ccc(OC(=O)CCCn2c(=O)oc3ccccc32)cc1. The highest BCUT2D eigenvalue weighted by Gasteiger charge is 2.11. The fourth-order valence-corrected chi connectivity index (χ4v) is 2.57. The second kappa shape index (κ2) is 7.69. The molecule has 0 spiro atoms.